The van der Waals surface area contributed by atoms with E-state index in [1.165, 1.54) is 29.1 Å². The van der Waals surface area contributed by atoms with Crippen LogP contribution in [0.4, 0.5) is 23.7 Å². The third-order valence-corrected chi connectivity index (χ3v) is 9.11. The summed E-state index contributed by atoms with van der Waals surface area (Å²) in [5.41, 5.74) is -0.0138. The molecular weight excluding hydrogens is 659 g/mol. The van der Waals surface area contributed by atoms with Gasteiger partial charge in [0.05, 0.1) is 24.2 Å². The highest BCUT2D eigenvalue weighted by Gasteiger charge is 2.26. The SMILES string of the molecule is CCNC(=O)Nc1ccc(-c2sc3c(c2CN(C)CCn2cnnn2)c(=O)n(-c2ccc(F)cc2)c(=O)n3Cc2c(F)cccc2F)cc1. The van der Waals surface area contributed by atoms with Crippen LogP contribution in [0.5, 0.6) is 0 Å². The van der Waals surface area contributed by atoms with Crippen LogP contribution >= 0.6 is 11.3 Å². The van der Waals surface area contributed by atoms with Crippen LogP contribution in [0.25, 0.3) is 26.3 Å². The molecule has 0 unspecified atom stereocenters. The summed E-state index contributed by atoms with van der Waals surface area (Å²) in [6, 6.07) is 14.8. The number of rotatable bonds is 11. The first-order valence-electron chi connectivity index (χ1n) is 15.2. The van der Waals surface area contributed by atoms with Crippen molar-refractivity contribution in [2.24, 2.45) is 0 Å². The molecule has 2 N–H and O–H groups in total. The molecule has 0 saturated heterocycles. The number of halogens is 3. The molecule has 0 bridgehead atoms. The number of nitrogens with zero attached hydrogens (tertiary/aromatic N) is 7. The number of amides is 2. The number of thiophene rings is 1. The van der Waals surface area contributed by atoms with E-state index in [0.29, 0.717) is 41.3 Å². The van der Waals surface area contributed by atoms with Gasteiger partial charge < -0.3 is 15.5 Å². The average Bonchev–Trinajstić information content (AvgIpc) is 3.73. The highest BCUT2D eigenvalue weighted by atomic mass is 32.1. The maximum atomic E-state index is 15.0. The van der Waals surface area contributed by atoms with Gasteiger partial charge in [0.2, 0.25) is 0 Å². The Hall–Kier alpha value is -5.61. The zero-order valence-electron chi connectivity index (χ0n) is 26.4. The smallest absolute Gasteiger partial charge is 0.337 e. The molecule has 0 saturated carbocycles. The lowest BCUT2D eigenvalue weighted by molar-refractivity contribution is 0.252. The van der Waals surface area contributed by atoms with Crippen LogP contribution in [-0.2, 0) is 19.6 Å². The van der Waals surface area contributed by atoms with Gasteiger partial charge in [0, 0.05) is 35.8 Å². The Labute approximate surface area is 281 Å². The van der Waals surface area contributed by atoms with E-state index in [1.54, 1.807) is 35.9 Å². The number of anilines is 1. The molecule has 3 aromatic carbocycles. The van der Waals surface area contributed by atoms with Crippen molar-refractivity contribution in [2.75, 3.05) is 25.5 Å². The van der Waals surface area contributed by atoms with Crippen LogP contribution in [0.1, 0.15) is 18.1 Å². The Bertz CT molecular complexity index is 2210. The zero-order valence-corrected chi connectivity index (χ0v) is 27.2. The molecule has 0 radical (unpaired) electrons. The average molecular weight is 690 g/mol. The molecule has 2 amide bonds. The van der Waals surface area contributed by atoms with E-state index >= 15 is 0 Å². The van der Waals surface area contributed by atoms with E-state index in [-0.39, 0.29) is 34.0 Å². The molecule has 12 nitrogen and oxygen atoms in total. The molecule has 6 aromatic rings. The van der Waals surface area contributed by atoms with Crippen molar-refractivity contribution in [2.45, 2.75) is 26.6 Å². The Morgan fingerprint density at radius 3 is 2.33 bits per heavy atom. The molecular formula is C33H30F3N9O3S. The monoisotopic (exact) mass is 689 g/mol. The van der Waals surface area contributed by atoms with Crippen LogP contribution in [0.15, 0.2) is 82.6 Å². The molecule has 0 spiro atoms. The molecule has 3 heterocycles. The molecule has 0 aliphatic heterocycles. The van der Waals surface area contributed by atoms with E-state index in [4.69, 9.17) is 0 Å². The molecule has 49 heavy (non-hydrogen) atoms. The highest BCUT2D eigenvalue weighted by molar-refractivity contribution is 7.22. The second kappa shape index (κ2) is 14.2. The summed E-state index contributed by atoms with van der Waals surface area (Å²) in [7, 11) is 1.85. The maximum Gasteiger partial charge on any atom is 0.337 e. The number of aromatic nitrogens is 6. The van der Waals surface area contributed by atoms with Crippen LogP contribution in [0.3, 0.4) is 0 Å². The lowest BCUT2D eigenvalue weighted by Crippen LogP contribution is -2.39. The summed E-state index contributed by atoms with van der Waals surface area (Å²) >= 11 is 1.14. The van der Waals surface area contributed by atoms with Crippen molar-refractivity contribution in [3.05, 3.63) is 122 Å². The van der Waals surface area contributed by atoms with Crippen LogP contribution < -0.4 is 21.9 Å². The Balaban J connectivity index is 1.57. The quantitative estimate of drug-likeness (QED) is 0.203. The van der Waals surface area contributed by atoms with Gasteiger partial charge in [0.25, 0.3) is 5.56 Å². The van der Waals surface area contributed by atoms with Crippen molar-refractivity contribution in [3.8, 4) is 16.1 Å². The van der Waals surface area contributed by atoms with Gasteiger partial charge in [-0.3, -0.25) is 9.36 Å². The van der Waals surface area contributed by atoms with Crippen LogP contribution in [0, 0.1) is 17.5 Å². The van der Waals surface area contributed by atoms with Gasteiger partial charge in [-0.25, -0.2) is 32.0 Å². The third-order valence-electron chi connectivity index (χ3n) is 7.81. The van der Waals surface area contributed by atoms with Gasteiger partial charge in [-0.1, -0.05) is 18.2 Å². The minimum atomic E-state index is -0.853. The Kier molecular flexibility index (Phi) is 9.68. The minimum Gasteiger partial charge on any atom is -0.338 e. The van der Waals surface area contributed by atoms with Gasteiger partial charge >= 0.3 is 11.7 Å². The summed E-state index contributed by atoms with van der Waals surface area (Å²) in [6.07, 6.45) is 1.48. The summed E-state index contributed by atoms with van der Waals surface area (Å²) in [6.45, 7) is 2.88. The largest absolute Gasteiger partial charge is 0.338 e. The number of likely N-dealkylation sites (N-methyl/N-ethyl adjacent to an activating group) is 1. The topological polar surface area (TPSA) is 132 Å². The van der Waals surface area contributed by atoms with E-state index in [0.717, 1.165) is 40.2 Å². The fourth-order valence-corrected chi connectivity index (χ4v) is 6.70. The number of nitrogens with one attached hydrogen (secondary N) is 2. The van der Waals surface area contributed by atoms with Crippen molar-refractivity contribution in [1.29, 1.82) is 0 Å². The fraction of sp³-hybridized carbons (Fsp3) is 0.212. The Morgan fingerprint density at radius 2 is 1.67 bits per heavy atom. The highest BCUT2D eigenvalue weighted by Crippen LogP contribution is 2.38. The van der Waals surface area contributed by atoms with Gasteiger partial charge in [-0.2, -0.15) is 0 Å². The van der Waals surface area contributed by atoms with Gasteiger partial charge in [0.15, 0.2) is 0 Å². The van der Waals surface area contributed by atoms with Gasteiger partial charge in [0.1, 0.15) is 28.6 Å². The summed E-state index contributed by atoms with van der Waals surface area (Å²) in [5.74, 6) is -2.28. The van der Waals surface area contributed by atoms with Crippen molar-refractivity contribution in [1.82, 2.24) is 39.6 Å². The predicted molar refractivity (Wildman–Crippen MR) is 179 cm³/mol. The minimum absolute atomic E-state index is 0.0903. The summed E-state index contributed by atoms with van der Waals surface area (Å²) < 4.78 is 47.5. The van der Waals surface area contributed by atoms with Crippen LogP contribution in [0.2, 0.25) is 0 Å². The summed E-state index contributed by atoms with van der Waals surface area (Å²) in [4.78, 5) is 43.4. The van der Waals surface area contributed by atoms with Crippen LogP contribution in [-0.4, -0.2) is 60.4 Å². The zero-order chi connectivity index (χ0) is 34.7. The number of tetrazole rings is 1. The van der Waals surface area contributed by atoms with E-state index < -0.39 is 35.2 Å². The second-order valence-electron chi connectivity index (χ2n) is 11.1. The third kappa shape index (κ3) is 7.00. The molecule has 0 aliphatic carbocycles. The normalized spacial score (nSPS) is 11.4. The van der Waals surface area contributed by atoms with E-state index in [9.17, 15) is 27.6 Å². The number of hydrogen-bond acceptors (Lipinski definition) is 8. The first-order chi connectivity index (χ1) is 23.6. The molecule has 6 rings (SSSR count). The van der Waals surface area contributed by atoms with Crippen molar-refractivity contribution < 1.29 is 18.0 Å². The number of carbonyl (C=O) groups excluding carboxylic acids is 1. The Morgan fingerprint density at radius 1 is 0.959 bits per heavy atom. The first-order valence-corrected chi connectivity index (χ1v) is 16.0. The van der Waals surface area contributed by atoms with Crippen molar-refractivity contribution >= 4 is 33.3 Å². The lowest BCUT2D eigenvalue weighted by Gasteiger charge is -2.18. The first kappa shape index (κ1) is 33.3. The molecule has 16 heteroatoms. The predicted octanol–water partition coefficient (Wildman–Crippen LogP) is 4.61. The number of urea groups is 1. The molecule has 0 atom stereocenters. The molecule has 252 valence electrons. The van der Waals surface area contributed by atoms with Crippen molar-refractivity contribution in [3.63, 3.8) is 0 Å². The molecule has 3 aromatic heterocycles. The number of fused-ring (bicyclic) bond motifs is 1. The number of carbonyl (C=O) groups is 1. The fourth-order valence-electron chi connectivity index (χ4n) is 5.40. The van der Waals surface area contributed by atoms with E-state index in [1.807, 2.05) is 11.9 Å². The lowest BCUT2D eigenvalue weighted by atomic mass is 10.1. The standard InChI is InChI=1S/C33H30F3N9O3S/c1-3-37-32(47)39-22-11-7-20(8-12-22)29-25(17-42(2)15-16-43-19-38-40-41-43)28-30(46)45(23-13-9-21(34)10-14-23)33(48)44(31(28)49-29)18-24-26(35)5-4-6-27(24)36/h4-14,19H,3,15-18H2,1-2H3,(H2,37,39,47). The van der Waals surface area contributed by atoms with Gasteiger partial charge in [-0.15, -0.1) is 16.4 Å². The van der Waals surface area contributed by atoms with E-state index in [2.05, 4.69) is 26.2 Å². The summed E-state index contributed by atoms with van der Waals surface area (Å²) in [5, 5.41) is 16.8. The molecule has 0 aliphatic rings. The number of hydrogen-bond donors (Lipinski definition) is 2. The number of benzene rings is 3. The van der Waals surface area contributed by atoms with Gasteiger partial charge in [-0.05, 0) is 84.1 Å². The molecule has 0 fully saturated rings. The second-order valence-corrected chi connectivity index (χ2v) is 12.1. The maximum absolute atomic E-state index is 15.0.